The highest BCUT2D eigenvalue weighted by Gasteiger charge is 2.13. The molecule has 0 saturated carbocycles. The minimum absolute atomic E-state index is 0.443. The van der Waals surface area contributed by atoms with E-state index in [1.807, 2.05) is 6.92 Å². The highest BCUT2D eigenvalue weighted by atomic mass is 16.4. The molecule has 1 unspecified atom stereocenters. The van der Waals surface area contributed by atoms with Crippen LogP contribution in [0.5, 0.6) is 0 Å². The summed E-state index contributed by atoms with van der Waals surface area (Å²) >= 11 is 0. The highest BCUT2D eigenvalue weighted by Crippen LogP contribution is 2.04. The maximum Gasteiger partial charge on any atom is 0.312 e. The largest absolute Gasteiger partial charge is 0.481 e. The lowest BCUT2D eigenvalue weighted by atomic mass is 10.1. The Morgan fingerprint density at radius 1 is 2.00 bits per heavy atom. The Hall–Kier alpha value is -1.22. The summed E-state index contributed by atoms with van der Waals surface area (Å²) in [4.78, 5) is 13.2. The van der Waals surface area contributed by atoms with E-state index in [1.54, 1.807) is 0 Å². The molecule has 0 aliphatic carbocycles. The van der Waals surface area contributed by atoms with E-state index in [0.29, 0.717) is 6.42 Å². The lowest BCUT2D eigenvalue weighted by Gasteiger charge is -2.02. The molecule has 0 aromatic rings. The zero-order chi connectivity index (χ0) is 9.40. The van der Waals surface area contributed by atoms with Crippen molar-refractivity contribution in [2.45, 2.75) is 32.2 Å². The van der Waals surface area contributed by atoms with Crippen LogP contribution in [0.3, 0.4) is 0 Å². The van der Waals surface area contributed by atoms with Crippen molar-refractivity contribution >= 4 is 5.97 Å². The number of carbonyl (C=O) groups is 1. The van der Waals surface area contributed by atoms with E-state index in [-0.39, 0.29) is 0 Å². The quantitative estimate of drug-likeness (QED) is 0.376. The predicted molar refractivity (Wildman–Crippen MR) is 40.1 cm³/mol. The maximum absolute atomic E-state index is 10.7. The topological polar surface area (TPSA) is 86.1 Å². The number of aliphatic carboxylic acids is 1. The van der Waals surface area contributed by atoms with Gasteiger partial charge in [-0.2, -0.15) is 0 Å². The summed E-state index contributed by atoms with van der Waals surface area (Å²) < 4.78 is 6.32. The maximum atomic E-state index is 10.7. The fourth-order valence-corrected chi connectivity index (χ4v) is 0.683. The third-order valence-electron chi connectivity index (χ3n) is 1.29. The smallest absolute Gasteiger partial charge is 0.312 e. The molecular weight excluding hydrogens is 146 g/mol. The molecule has 1 N–H and O–H groups in total. The van der Waals surface area contributed by atoms with E-state index < -0.39 is 12.0 Å². The van der Waals surface area contributed by atoms with Crippen LogP contribution in [0.15, 0.2) is 5.11 Å². The standard InChI is InChI=1S/C6H11N3O2/c1-2-3-4-5(6(10)11)8-9-7/h5H,2-4H2,1H3,(H,10,11)/i/hD. The molecule has 0 rings (SSSR count). The lowest BCUT2D eigenvalue weighted by Crippen LogP contribution is -2.16. The zero-order valence-electron chi connectivity index (χ0n) is 7.36. The van der Waals surface area contributed by atoms with Crippen molar-refractivity contribution in [1.82, 2.24) is 0 Å². The molecule has 0 fully saturated rings. The number of carboxylic acids is 1. The number of hydrogen-bond donors (Lipinski definition) is 1. The SMILES string of the molecule is [2H]OC(=O)C(CCCC)N=[N+]=[N-]. The number of nitrogens with zero attached hydrogens (tertiary/aromatic N) is 3. The Kier molecular flexibility index (Phi) is 3.98. The van der Waals surface area contributed by atoms with E-state index in [1.165, 1.54) is 0 Å². The summed E-state index contributed by atoms with van der Waals surface area (Å²) in [6.45, 7) is 1.96. The van der Waals surface area contributed by atoms with Crippen LogP contribution in [0.2, 0.25) is 0 Å². The minimum Gasteiger partial charge on any atom is -0.481 e. The molecule has 0 heterocycles. The molecule has 0 saturated heterocycles. The van der Waals surface area contributed by atoms with Crippen molar-refractivity contribution in [2.24, 2.45) is 5.11 Å². The van der Waals surface area contributed by atoms with Crippen LogP contribution in [0.4, 0.5) is 0 Å². The van der Waals surface area contributed by atoms with Crippen molar-refractivity contribution < 1.29 is 9.90 Å². The number of rotatable bonds is 5. The average molecular weight is 158 g/mol. The molecule has 0 aliphatic heterocycles. The Balaban J connectivity index is 4.03. The molecule has 62 valence electrons. The van der Waals surface area contributed by atoms with Crippen molar-refractivity contribution in [1.29, 1.82) is 1.43 Å². The van der Waals surface area contributed by atoms with Gasteiger partial charge in [-0.15, -0.1) is 0 Å². The lowest BCUT2D eigenvalue weighted by molar-refractivity contribution is -0.138. The first-order chi connectivity index (χ1) is 5.76. The van der Waals surface area contributed by atoms with E-state index in [4.69, 9.17) is 6.96 Å². The molecule has 0 spiro atoms. The highest BCUT2D eigenvalue weighted by molar-refractivity contribution is 5.73. The summed E-state index contributed by atoms with van der Waals surface area (Å²) in [7, 11) is 0. The molecule has 1 atom stereocenters. The second kappa shape index (κ2) is 5.56. The van der Waals surface area contributed by atoms with Gasteiger partial charge >= 0.3 is 5.97 Å². The first-order valence-corrected chi connectivity index (χ1v) is 3.47. The summed E-state index contributed by atoms with van der Waals surface area (Å²) in [5.74, 6) is -0.791. The number of hydrogen-bond acceptors (Lipinski definition) is 3. The fourth-order valence-electron chi connectivity index (χ4n) is 0.683. The third-order valence-corrected chi connectivity index (χ3v) is 1.29. The van der Waals surface area contributed by atoms with Gasteiger partial charge in [0.15, 0.2) is 0 Å². The Labute approximate surface area is 66.1 Å². The van der Waals surface area contributed by atoms with Gasteiger partial charge in [0.25, 0.3) is 1.43 Å². The summed E-state index contributed by atoms with van der Waals surface area (Å²) in [6.07, 6.45) is 2.12. The minimum atomic E-state index is -0.840. The first-order valence-electron chi connectivity index (χ1n) is 3.88. The van der Waals surface area contributed by atoms with Crippen molar-refractivity contribution in [3.05, 3.63) is 10.4 Å². The van der Waals surface area contributed by atoms with Crippen LogP contribution in [0.25, 0.3) is 11.9 Å². The van der Waals surface area contributed by atoms with Gasteiger partial charge in [-0.1, -0.05) is 24.9 Å². The predicted octanol–water partition coefficient (Wildman–Crippen LogP) is 1.94. The first kappa shape index (κ1) is 7.88. The van der Waals surface area contributed by atoms with Gasteiger partial charge in [0.2, 0.25) is 0 Å². The van der Waals surface area contributed by atoms with E-state index in [9.17, 15) is 4.79 Å². The van der Waals surface area contributed by atoms with Crippen molar-refractivity contribution in [3.8, 4) is 0 Å². The van der Waals surface area contributed by atoms with Crippen LogP contribution >= 0.6 is 0 Å². The molecule has 5 heteroatoms. The zero-order valence-corrected chi connectivity index (χ0v) is 6.36. The molecule has 0 radical (unpaired) electrons. The summed E-state index contributed by atoms with van der Waals surface area (Å²) in [5.41, 5.74) is 8.07. The third kappa shape index (κ3) is 4.22. The molecule has 0 bridgehead atoms. The number of unbranched alkanes of at least 4 members (excludes halogenated alkanes) is 1. The van der Waals surface area contributed by atoms with Gasteiger partial charge in [0.05, 0.1) is 0 Å². The molecule has 0 amide bonds. The summed E-state index contributed by atoms with van der Waals surface area (Å²) in [6, 6.07) is -0.840. The van der Waals surface area contributed by atoms with E-state index in [2.05, 4.69) is 15.1 Å². The second-order valence-corrected chi connectivity index (χ2v) is 2.18. The van der Waals surface area contributed by atoms with Gasteiger partial charge in [-0.3, -0.25) is 4.79 Å². The van der Waals surface area contributed by atoms with Gasteiger partial charge in [0.1, 0.15) is 6.04 Å². The van der Waals surface area contributed by atoms with Gasteiger partial charge < -0.3 is 5.11 Å². The van der Waals surface area contributed by atoms with Gasteiger partial charge in [0, 0.05) is 4.91 Å². The monoisotopic (exact) mass is 158 g/mol. The Bertz CT molecular complexity index is 191. The molecule has 11 heavy (non-hydrogen) atoms. The van der Waals surface area contributed by atoms with E-state index in [0.717, 1.165) is 12.8 Å². The van der Waals surface area contributed by atoms with Gasteiger partial charge in [-0.05, 0) is 12.0 Å². The van der Waals surface area contributed by atoms with Crippen LogP contribution in [-0.4, -0.2) is 17.1 Å². The number of carboxylic acid groups (broad SMARTS) is 1. The van der Waals surface area contributed by atoms with Crippen LogP contribution in [-0.2, 0) is 4.79 Å². The van der Waals surface area contributed by atoms with Crippen molar-refractivity contribution in [3.63, 3.8) is 0 Å². The average Bonchev–Trinajstić information content (AvgIpc) is 2.11. The molecular formula is C6H11N3O2. The molecule has 0 aromatic carbocycles. The van der Waals surface area contributed by atoms with Crippen molar-refractivity contribution in [2.75, 3.05) is 0 Å². The fraction of sp³-hybridized carbons (Fsp3) is 0.833. The van der Waals surface area contributed by atoms with Crippen LogP contribution in [0.1, 0.15) is 26.2 Å². The van der Waals surface area contributed by atoms with Crippen LogP contribution < -0.4 is 0 Å². The normalized spacial score (nSPS) is 12.6. The molecule has 5 nitrogen and oxygen atoms in total. The van der Waals surface area contributed by atoms with Gasteiger partial charge in [-0.25, -0.2) is 0 Å². The van der Waals surface area contributed by atoms with E-state index >= 15 is 0 Å². The Morgan fingerprint density at radius 3 is 3.18 bits per heavy atom. The van der Waals surface area contributed by atoms with Crippen LogP contribution in [0, 0.1) is 0 Å². The summed E-state index contributed by atoms with van der Waals surface area (Å²) in [5, 5.41) is 6.93. The Morgan fingerprint density at radius 2 is 2.73 bits per heavy atom. The molecule has 0 aromatic heterocycles. The number of azide groups is 1. The second-order valence-electron chi connectivity index (χ2n) is 2.18. The molecule has 0 aliphatic rings.